The molecule has 0 spiro atoms. The van der Waals surface area contributed by atoms with Crippen LogP contribution in [0.4, 0.5) is 0 Å². The van der Waals surface area contributed by atoms with E-state index in [2.05, 4.69) is 0 Å². The maximum atomic E-state index is 11.7. The molecule has 0 radical (unpaired) electrons. The van der Waals surface area contributed by atoms with Crippen LogP contribution in [-0.4, -0.2) is 72.4 Å². The van der Waals surface area contributed by atoms with E-state index in [-0.39, 0.29) is 6.61 Å². The summed E-state index contributed by atoms with van der Waals surface area (Å²) in [4.78, 5) is 0. The normalized spacial score (nSPS) is 29.6. The fourth-order valence-corrected chi connectivity index (χ4v) is 4.37. The number of hydrogen-bond acceptors (Lipinski definition) is 10. The molecule has 0 unspecified atom stereocenters. The van der Waals surface area contributed by atoms with E-state index >= 15 is 0 Å². The molecule has 30 heavy (non-hydrogen) atoms. The highest BCUT2D eigenvalue weighted by atomic mass is 32.2. The van der Waals surface area contributed by atoms with Crippen molar-refractivity contribution in [2.24, 2.45) is 0 Å². The molecule has 0 aliphatic carbocycles. The van der Waals surface area contributed by atoms with Crippen molar-refractivity contribution in [2.45, 2.75) is 56.9 Å². The summed E-state index contributed by atoms with van der Waals surface area (Å²) in [5.41, 5.74) is 0.906. The van der Waals surface area contributed by atoms with Crippen molar-refractivity contribution in [2.75, 3.05) is 19.1 Å². The number of rotatable bonds is 9. The van der Waals surface area contributed by atoms with Crippen molar-refractivity contribution in [3.8, 4) is 0 Å². The van der Waals surface area contributed by atoms with Gasteiger partial charge in [0.25, 0.3) is 20.2 Å². The molecule has 0 amide bonds. The zero-order chi connectivity index (χ0) is 22.2. The standard InChI is InChI=1S/C18H26O10S2/c1-18(2)26-15-14(13(28-30(4,21)22)11-24-29(3,19)20)25-17(16(15)27-18)23-10-12-8-6-5-7-9-12/h5-9,13-17H,10-11H2,1-4H3/t13-,14-,15+,16+,17+/m1/s1. The van der Waals surface area contributed by atoms with Crippen LogP contribution in [0, 0.1) is 0 Å². The lowest BCUT2D eigenvalue weighted by Crippen LogP contribution is -2.43. The van der Waals surface area contributed by atoms with Gasteiger partial charge in [0.2, 0.25) is 0 Å². The second kappa shape index (κ2) is 8.79. The minimum absolute atomic E-state index is 0.225. The number of fused-ring (bicyclic) bond motifs is 1. The minimum atomic E-state index is -3.95. The van der Waals surface area contributed by atoms with Gasteiger partial charge in [0.15, 0.2) is 12.1 Å². The van der Waals surface area contributed by atoms with E-state index < -0.39 is 63.3 Å². The van der Waals surface area contributed by atoms with Gasteiger partial charge in [-0.1, -0.05) is 30.3 Å². The van der Waals surface area contributed by atoms with Crippen LogP contribution in [0.1, 0.15) is 19.4 Å². The highest BCUT2D eigenvalue weighted by Gasteiger charge is 2.58. The Balaban J connectivity index is 1.80. The average Bonchev–Trinajstić information content (AvgIpc) is 3.09. The highest BCUT2D eigenvalue weighted by Crippen LogP contribution is 2.41. The molecule has 2 aliphatic rings. The van der Waals surface area contributed by atoms with E-state index in [1.807, 2.05) is 30.3 Å². The van der Waals surface area contributed by atoms with Crippen molar-refractivity contribution in [3.63, 3.8) is 0 Å². The van der Waals surface area contributed by atoms with Gasteiger partial charge < -0.3 is 18.9 Å². The Morgan fingerprint density at radius 3 is 2.23 bits per heavy atom. The summed E-state index contributed by atoms with van der Waals surface area (Å²) >= 11 is 0. The fraction of sp³-hybridized carbons (Fsp3) is 0.667. The SMILES string of the molecule is CC1(C)O[C@@H]2[C@H](O1)[C@@H](OCc1ccccc1)O[C@@H]2[C@@H](COS(C)(=O)=O)OS(C)(=O)=O. The molecule has 1 aromatic carbocycles. The summed E-state index contributed by atoms with van der Waals surface area (Å²) in [6, 6.07) is 9.39. The van der Waals surface area contributed by atoms with Gasteiger partial charge in [-0.05, 0) is 19.4 Å². The van der Waals surface area contributed by atoms with Crippen LogP contribution in [0.5, 0.6) is 0 Å². The molecule has 0 saturated carbocycles. The smallest absolute Gasteiger partial charge is 0.264 e. The zero-order valence-electron chi connectivity index (χ0n) is 17.1. The first kappa shape index (κ1) is 23.5. The first-order valence-electron chi connectivity index (χ1n) is 9.22. The first-order valence-corrected chi connectivity index (χ1v) is 12.9. The summed E-state index contributed by atoms with van der Waals surface area (Å²) in [6.07, 6.45) is -2.89. The maximum Gasteiger partial charge on any atom is 0.264 e. The summed E-state index contributed by atoms with van der Waals surface area (Å²) in [6.45, 7) is 3.06. The molecule has 170 valence electrons. The van der Waals surface area contributed by atoms with Gasteiger partial charge in [-0.15, -0.1) is 0 Å². The molecule has 5 atom stereocenters. The van der Waals surface area contributed by atoms with Gasteiger partial charge in [-0.25, -0.2) is 0 Å². The number of ether oxygens (including phenoxy) is 4. The molecule has 2 saturated heterocycles. The van der Waals surface area contributed by atoms with Crippen LogP contribution in [0.3, 0.4) is 0 Å². The second-order valence-electron chi connectivity index (χ2n) is 7.66. The lowest BCUT2D eigenvalue weighted by atomic mass is 10.1. The van der Waals surface area contributed by atoms with E-state index in [0.717, 1.165) is 18.1 Å². The molecular weight excluding hydrogens is 440 g/mol. The van der Waals surface area contributed by atoms with Crippen LogP contribution in [0.25, 0.3) is 0 Å². The molecule has 3 rings (SSSR count). The van der Waals surface area contributed by atoms with Gasteiger partial charge in [0.05, 0.1) is 25.7 Å². The van der Waals surface area contributed by atoms with E-state index in [1.54, 1.807) is 13.8 Å². The third-order valence-corrected chi connectivity index (χ3v) is 5.58. The van der Waals surface area contributed by atoms with Gasteiger partial charge in [-0.3, -0.25) is 8.37 Å². The lowest BCUT2D eigenvalue weighted by molar-refractivity contribution is -0.245. The third kappa shape index (κ3) is 6.44. The van der Waals surface area contributed by atoms with Crippen molar-refractivity contribution in [1.82, 2.24) is 0 Å². The van der Waals surface area contributed by atoms with Gasteiger partial charge >= 0.3 is 0 Å². The Morgan fingerprint density at radius 2 is 1.63 bits per heavy atom. The molecule has 0 bridgehead atoms. The molecular formula is C18H26O10S2. The van der Waals surface area contributed by atoms with Crippen LogP contribution in [0.2, 0.25) is 0 Å². The molecule has 2 fully saturated rings. The van der Waals surface area contributed by atoms with E-state index in [0.29, 0.717) is 0 Å². The average molecular weight is 467 g/mol. The Hall–Kier alpha value is -1.12. The molecule has 1 aromatic rings. The van der Waals surface area contributed by atoms with Gasteiger partial charge in [0, 0.05) is 0 Å². The number of benzene rings is 1. The monoisotopic (exact) mass is 466 g/mol. The van der Waals surface area contributed by atoms with Crippen LogP contribution in [0.15, 0.2) is 30.3 Å². The summed E-state index contributed by atoms with van der Waals surface area (Å²) in [7, 11) is -7.79. The fourth-order valence-electron chi connectivity index (χ4n) is 3.37. The van der Waals surface area contributed by atoms with E-state index in [4.69, 9.17) is 27.3 Å². The number of hydrogen-bond donors (Lipinski definition) is 0. The van der Waals surface area contributed by atoms with Crippen LogP contribution in [-0.2, 0) is 54.2 Å². The van der Waals surface area contributed by atoms with E-state index in [1.165, 1.54) is 0 Å². The predicted octanol–water partition coefficient (Wildman–Crippen LogP) is 0.769. The molecule has 10 nitrogen and oxygen atoms in total. The van der Waals surface area contributed by atoms with Crippen LogP contribution >= 0.6 is 0 Å². The Labute approximate surface area is 176 Å². The molecule has 0 aromatic heterocycles. The predicted molar refractivity (Wildman–Crippen MR) is 104 cm³/mol. The zero-order valence-corrected chi connectivity index (χ0v) is 18.7. The summed E-state index contributed by atoms with van der Waals surface area (Å²) < 4.78 is 79.7. The lowest BCUT2D eigenvalue weighted by Gasteiger charge is -2.28. The van der Waals surface area contributed by atoms with Gasteiger partial charge in [0.1, 0.15) is 24.4 Å². The van der Waals surface area contributed by atoms with Gasteiger partial charge in [-0.2, -0.15) is 16.8 Å². The summed E-state index contributed by atoms with van der Waals surface area (Å²) in [5, 5.41) is 0. The Morgan fingerprint density at radius 1 is 1.00 bits per heavy atom. The highest BCUT2D eigenvalue weighted by molar-refractivity contribution is 7.86. The first-order chi connectivity index (χ1) is 13.8. The Bertz CT molecular complexity index is 929. The summed E-state index contributed by atoms with van der Waals surface area (Å²) in [5.74, 6) is -0.973. The largest absolute Gasteiger partial charge is 0.345 e. The van der Waals surface area contributed by atoms with E-state index in [9.17, 15) is 16.8 Å². The quantitative estimate of drug-likeness (QED) is 0.482. The molecule has 0 N–H and O–H groups in total. The van der Waals surface area contributed by atoms with Crippen molar-refractivity contribution < 1.29 is 44.1 Å². The minimum Gasteiger partial charge on any atom is -0.345 e. The second-order valence-corrected chi connectivity index (χ2v) is 10.9. The van der Waals surface area contributed by atoms with Crippen molar-refractivity contribution in [3.05, 3.63) is 35.9 Å². The Kier molecular flexibility index (Phi) is 6.90. The molecule has 2 aliphatic heterocycles. The van der Waals surface area contributed by atoms with Crippen LogP contribution < -0.4 is 0 Å². The van der Waals surface area contributed by atoms with Crippen molar-refractivity contribution >= 4 is 20.2 Å². The topological polar surface area (TPSA) is 124 Å². The maximum absolute atomic E-state index is 11.7. The third-order valence-electron chi connectivity index (χ3n) is 4.42. The molecule has 2 heterocycles. The molecule has 12 heteroatoms. The van der Waals surface area contributed by atoms with Crippen molar-refractivity contribution in [1.29, 1.82) is 0 Å².